The first-order valence-electron chi connectivity index (χ1n) is 8.70. The summed E-state index contributed by atoms with van der Waals surface area (Å²) in [4.78, 5) is 4.60. The molecule has 0 spiro atoms. The third kappa shape index (κ3) is 9.58. The van der Waals surface area contributed by atoms with Gasteiger partial charge in [0.25, 0.3) is 10.1 Å². The van der Waals surface area contributed by atoms with Crippen molar-refractivity contribution < 1.29 is 37.9 Å². The van der Waals surface area contributed by atoms with Gasteiger partial charge in [-0.25, -0.2) is 10.1 Å². The second-order valence-corrected chi connectivity index (χ2v) is 7.59. The molecule has 9 heteroatoms. The minimum atomic E-state index is -3.83. The average Bonchev–Trinajstić information content (AvgIpc) is 2.60. The molecule has 8 nitrogen and oxygen atoms in total. The van der Waals surface area contributed by atoms with Gasteiger partial charge in [-0.05, 0) is 48.4 Å². The Morgan fingerprint density at radius 2 is 1.65 bits per heavy atom. The molecule has 0 fully saturated rings. The maximum atomic E-state index is 12.3. The fourth-order valence-electron chi connectivity index (χ4n) is 2.44. The van der Waals surface area contributed by atoms with Crippen LogP contribution in [-0.2, 0) is 29.3 Å². The van der Waals surface area contributed by atoms with E-state index in [1.165, 1.54) is 12.1 Å². The Morgan fingerprint density at radius 3 is 2.31 bits per heavy atom. The lowest BCUT2D eigenvalue weighted by molar-refractivity contribution is -0.623. The molecule has 0 saturated carbocycles. The van der Waals surface area contributed by atoms with E-state index in [0.717, 1.165) is 37.7 Å². The second-order valence-electron chi connectivity index (χ2n) is 6.02. The molecule has 26 heavy (non-hydrogen) atoms. The first-order chi connectivity index (χ1) is 12.5. The van der Waals surface area contributed by atoms with Crippen LogP contribution in [-0.4, -0.2) is 38.1 Å². The minimum Gasteiger partial charge on any atom is -0.396 e. The summed E-state index contributed by atoms with van der Waals surface area (Å²) < 4.78 is 30.0. The first kappa shape index (κ1) is 23.0. The molecule has 1 aromatic rings. The molecule has 0 aliphatic carbocycles. The Bertz CT molecular complexity index is 573. The van der Waals surface area contributed by atoms with Gasteiger partial charge in [0.2, 0.25) is 0 Å². The van der Waals surface area contributed by atoms with E-state index < -0.39 is 16.2 Å². The molecule has 0 aliphatic rings. The van der Waals surface area contributed by atoms with Gasteiger partial charge in [0.05, 0.1) is 17.6 Å². The minimum absolute atomic E-state index is 0.125. The fraction of sp³-hybridized carbons (Fsp3) is 0.647. The summed E-state index contributed by atoms with van der Waals surface area (Å²) in [5.74, 6) is 0. The Balaban J connectivity index is 2.33. The van der Waals surface area contributed by atoms with Gasteiger partial charge < -0.3 is 5.11 Å². The molecule has 0 aliphatic heterocycles. The lowest BCUT2D eigenvalue weighted by Crippen LogP contribution is -2.20. The molecule has 2 N–H and O–H groups in total. The molecule has 0 aromatic heterocycles. The zero-order valence-electron chi connectivity index (χ0n) is 15.0. The number of hydrogen-bond donors (Lipinski definition) is 2. The van der Waals surface area contributed by atoms with E-state index >= 15 is 0 Å². The Morgan fingerprint density at radius 1 is 1.00 bits per heavy atom. The van der Waals surface area contributed by atoms with E-state index in [0.29, 0.717) is 13.0 Å². The zero-order chi connectivity index (χ0) is 19.3. The second kappa shape index (κ2) is 13.2. The predicted octanol–water partition coefficient (Wildman–Crippen LogP) is 3.14. The van der Waals surface area contributed by atoms with Crippen LogP contribution in [0.5, 0.6) is 0 Å². The summed E-state index contributed by atoms with van der Waals surface area (Å²) in [7, 11) is -3.83. The van der Waals surface area contributed by atoms with Crippen LogP contribution < -0.4 is 0 Å². The van der Waals surface area contributed by atoms with Crippen molar-refractivity contribution in [2.24, 2.45) is 0 Å². The van der Waals surface area contributed by atoms with E-state index in [1.54, 1.807) is 12.1 Å². The molecule has 0 radical (unpaired) electrons. The van der Waals surface area contributed by atoms with E-state index in [9.17, 15) is 8.42 Å². The smallest absolute Gasteiger partial charge is 0.297 e. The maximum absolute atomic E-state index is 12.3. The number of aliphatic hydroxyl groups excluding tert-OH is 1. The van der Waals surface area contributed by atoms with Crippen LogP contribution in [0, 0.1) is 6.92 Å². The van der Waals surface area contributed by atoms with Crippen LogP contribution in [0.2, 0.25) is 0 Å². The fourth-order valence-corrected chi connectivity index (χ4v) is 3.57. The van der Waals surface area contributed by atoms with Crippen molar-refractivity contribution in [3.63, 3.8) is 0 Å². The van der Waals surface area contributed by atoms with Crippen LogP contribution in [0.3, 0.4) is 0 Å². The van der Waals surface area contributed by atoms with E-state index in [2.05, 4.69) is 15.0 Å². The van der Waals surface area contributed by atoms with Crippen molar-refractivity contribution in [2.75, 3.05) is 13.2 Å². The van der Waals surface area contributed by atoms with Gasteiger partial charge in [-0.3, -0.25) is 4.18 Å². The maximum Gasteiger partial charge on any atom is 0.297 e. The van der Waals surface area contributed by atoms with E-state index in [1.807, 2.05) is 6.92 Å². The van der Waals surface area contributed by atoms with Crippen molar-refractivity contribution in [1.29, 1.82) is 0 Å². The highest BCUT2D eigenvalue weighted by atomic mass is 32.2. The standard InChI is InChI=1S/C17H28O8S/c1-15-8-10-17(11-9-15)26(20,21)23-16(12-13-18)7-5-3-2-4-6-14-22-25-24-19/h8-11,16,18-19H,2-7,12-14H2,1H3. The summed E-state index contributed by atoms with van der Waals surface area (Å²) in [5.41, 5.74) is 0.969. The predicted molar refractivity (Wildman–Crippen MR) is 93.4 cm³/mol. The molecule has 150 valence electrons. The number of hydrogen-bond acceptors (Lipinski definition) is 8. The largest absolute Gasteiger partial charge is 0.396 e. The molecule has 1 unspecified atom stereocenters. The van der Waals surface area contributed by atoms with Crippen LogP contribution in [0.4, 0.5) is 0 Å². The Labute approximate surface area is 154 Å². The Hall–Kier alpha value is -1.07. The van der Waals surface area contributed by atoms with Gasteiger partial charge in [-0.15, -0.1) is 0 Å². The highest BCUT2D eigenvalue weighted by molar-refractivity contribution is 7.86. The molecular formula is C17H28O8S. The highest BCUT2D eigenvalue weighted by Gasteiger charge is 2.21. The third-order valence-corrected chi connectivity index (χ3v) is 5.23. The number of unbranched alkanes of at least 4 members (excludes halogenated alkanes) is 4. The molecule has 1 rings (SSSR count). The quantitative estimate of drug-likeness (QED) is 0.203. The van der Waals surface area contributed by atoms with Gasteiger partial charge in [0, 0.05) is 6.61 Å². The molecular weight excluding hydrogens is 364 g/mol. The zero-order valence-corrected chi connectivity index (χ0v) is 15.8. The van der Waals surface area contributed by atoms with Gasteiger partial charge in [0.15, 0.2) is 0 Å². The van der Waals surface area contributed by atoms with Crippen LogP contribution in [0.15, 0.2) is 29.2 Å². The van der Waals surface area contributed by atoms with Crippen LogP contribution in [0.1, 0.15) is 50.5 Å². The summed E-state index contributed by atoms with van der Waals surface area (Å²) in [5, 5.41) is 24.2. The summed E-state index contributed by atoms with van der Waals surface area (Å²) >= 11 is 0. The number of benzene rings is 1. The van der Waals surface area contributed by atoms with Gasteiger partial charge >= 0.3 is 0 Å². The molecule has 0 saturated heterocycles. The van der Waals surface area contributed by atoms with Crippen molar-refractivity contribution in [2.45, 2.75) is 62.9 Å². The number of rotatable bonds is 15. The van der Waals surface area contributed by atoms with Gasteiger partial charge in [-0.2, -0.15) is 8.42 Å². The average molecular weight is 392 g/mol. The monoisotopic (exact) mass is 392 g/mol. The van der Waals surface area contributed by atoms with E-state index in [-0.39, 0.29) is 17.9 Å². The molecule has 1 atom stereocenters. The van der Waals surface area contributed by atoms with Gasteiger partial charge in [0.1, 0.15) is 0 Å². The highest BCUT2D eigenvalue weighted by Crippen LogP contribution is 2.20. The normalized spacial score (nSPS) is 13.0. The molecule has 0 bridgehead atoms. The lowest BCUT2D eigenvalue weighted by Gasteiger charge is -2.16. The van der Waals surface area contributed by atoms with Crippen molar-refractivity contribution >= 4 is 10.1 Å². The van der Waals surface area contributed by atoms with E-state index in [4.69, 9.17) is 14.5 Å². The number of aryl methyl sites for hydroxylation is 1. The number of aliphatic hydroxyl groups is 1. The summed E-state index contributed by atoms with van der Waals surface area (Å²) in [6.45, 7) is 2.06. The van der Waals surface area contributed by atoms with Crippen molar-refractivity contribution in [1.82, 2.24) is 0 Å². The Kier molecular flexibility index (Phi) is 11.6. The van der Waals surface area contributed by atoms with Crippen molar-refractivity contribution in [3.05, 3.63) is 29.8 Å². The molecule has 0 heterocycles. The summed E-state index contributed by atoms with van der Waals surface area (Å²) in [6.07, 6.45) is 4.60. The molecule has 0 amide bonds. The van der Waals surface area contributed by atoms with Gasteiger partial charge in [-0.1, -0.05) is 43.4 Å². The SMILES string of the molecule is Cc1ccc(S(=O)(=O)OC(CCO)CCCCCCCOOOO)cc1. The van der Waals surface area contributed by atoms with Crippen molar-refractivity contribution in [3.8, 4) is 0 Å². The molecule has 1 aromatic carbocycles. The first-order valence-corrected chi connectivity index (χ1v) is 10.1. The van der Waals surface area contributed by atoms with Crippen LogP contribution in [0.25, 0.3) is 0 Å². The topological polar surface area (TPSA) is 112 Å². The van der Waals surface area contributed by atoms with Crippen LogP contribution >= 0.6 is 0 Å². The lowest BCUT2D eigenvalue weighted by atomic mass is 10.1. The third-order valence-electron chi connectivity index (χ3n) is 3.86. The summed E-state index contributed by atoms with van der Waals surface area (Å²) in [6, 6.07) is 6.49.